The van der Waals surface area contributed by atoms with Gasteiger partial charge >= 0.3 is 5.97 Å². The van der Waals surface area contributed by atoms with Crippen LogP contribution in [0.4, 0.5) is 5.69 Å². The maximum atomic E-state index is 12.4. The highest BCUT2D eigenvalue weighted by Gasteiger charge is 2.27. The van der Waals surface area contributed by atoms with Gasteiger partial charge in [0.15, 0.2) is 0 Å². The lowest BCUT2D eigenvalue weighted by Gasteiger charge is -2.18. The van der Waals surface area contributed by atoms with Gasteiger partial charge in [0.2, 0.25) is 10.0 Å². The van der Waals surface area contributed by atoms with Gasteiger partial charge in [-0.05, 0) is 24.1 Å². The van der Waals surface area contributed by atoms with Gasteiger partial charge in [-0.3, -0.25) is 14.9 Å². The van der Waals surface area contributed by atoms with Gasteiger partial charge in [-0.1, -0.05) is 26.0 Å². The minimum Gasteiger partial charge on any atom is -0.480 e. The smallest absolute Gasteiger partial charge is 0.322 e. The predicted molar refractivity (Wildman–Crippen MR) is 92.9 cm³/mol. The number of aliphatic carboxylic acids is 1. The summed E-state index contributed by atoms with van der Waals surface area (Å²) in [5.41, 5.74) is 0.862. The molecule has 0 saturated carbocycles. The molecule has 2 aromatic rings. The van der Waals surface area contributed by atoms with Gasteiger partial charge in [0.05, 0.1) is 15.5 Å². The largest absolute Gasteiger partial charge is 0.480 e. The normalized spacial score (nSPS) is 12.7. The minimum atomic E-state index is -4.01. The molecule has 0 aliphatic carbocycles. The Bertz CT molecular complexity index is 908. The number of hydrogen-bond acceptors (Lipinski definition) is 6. The monoisotopic (exact) mass is 379 g/mol. The second-order valence-corrected chi connectivity index (χ2v) is 7.58. The Balaban J connectivity index is 2.25. The molecule has 26 heavy (non-hydrogen) atoms. The van der Waals surface area contributed by atoms with Crippen LogP contribution >= 0.6 is 0 Å². The van der Waals surface area contributed by atoms with Crippen molar-refractivity contribution in [3.8, 4) is 11.3 Å². The van der Waals surface area contributed by atoms with Crippen LogP contribution < -0.4 is 4.72 Å². The van der Waals surface area contributed by atoms with Gasteiger partial charge in [-0.2, -0.15) is 4.72 Å². The van der Waals surface area contributed by atoms with E-state index >= 15 is 0 Å². The second kappa shape index (κ2) is 7.58. The van der Waals surface area contributed by atoms with Crippen LogP contribution in [-0.2, 0) is 14.8 Å². The number of carbonyl (C=O) groups is 1. The van der Waals surface area contributed by atoms with E-state index in [0.717, 1.165) is 6.20 Å². The number of rotatable bonds is 7. The fraction of sp³-hybridized carbons (Fsp3) is 0.250. The van der Waals surface area contributed by atoms with E-state index in [1.54, 1.807) is 13.8 Å². The molecule has 0 aliphatic rings. The summed E-state index contributed by atoms with van der Waals surface area (Å²) < 4.78 is 26.9. The molecule has 2 N–H and O–H groups in total. The van der Waals surface area contributed by atoms with Crippen molar-refractivity contribution in [3.05, 3.63) is 52.7 Å². The van der Waals surface area contributed by atoms with E-state index < -0.39 is 32.9 Å². The summed E-state index contributed by atoms with van der Waals surface area (Å²) in [5.74, 6) is -1.68. The molecule has 1 aromatic carbocycles. The maximum absolute atomic E-state index is 12.4. The number of carboxylic acid groups (broad SMARTS) is 1. The Labute approximate surface area is 149 Å². The van der Waals surface area contributed by atoms with Crippen LogP contribution in [0.15, 0.2) is 47.5 Å². The van der Waals surface area contributed by atoms with E-state index in [-0.39, 0.29) is 10.6 Å². The number of carboxylic acids is 1. The van der Waals surface area contributed by atoms with Gasteiger partial charge in [-0.15, -0.1) is 0 Å². The van der Waals surface area contributed by atoms with Crippen LogP contribution in [0.1, 0.15) is 13.8 Å². The van der Waals surface area contributed by atoms with Crippen molar-refractivity contribution < 1.29 is 23.2 Å². The number of nitrogens with one attached hydrogen (secondary N) is 1. The molecule has 0 radical (unpaired) electrons. The van der Waals surface area contributed by atoms with Crippen molar-refractivity contribution in [2.75, 3.05) is 0 Å². The average molecular weight is 379 g/mol. The van der Waals surface area contributed by atoms with E-state index in [0.29, 0.717) is 11.3 Å². The molecule has 0 unspecified atom stereocenters. The lowest BCUT2D eigenvalue weighted by atomic mass is 10.1. The number of benzene rings is 1. The molecule has 10 heteroatoms. The fourth-order valence-corrected chi connectivity index (χ4v) is 3.51. The van der Waals surface area contributed by atoms with Gasteiger partial charge < -0.3 is 5.11 Å². The molecule has 1 aromatic heterocycles. The first-order chi connectivity index (χ1) is 12.1. The first kappa shape index (κ1) is 19.5. The van der Waals surface area contributed by atoms with Crippen LogP contribution in [0, 0.1) is 16.0 Å². The van der Waals surface area contributed by atoms with Crippen LogP contribution in [0.25, 0.3) is 11.3 Å². The van der Waals surface area contributed by atoms with Crippen LogP contribution in [0.2, 0.25) is 0 Å². The molecule has 0 saturated heterocycles. The highest BCUT2D eigenvalue weighted by molar-refractivity contribution is 7.89. The highest BCUT2D eigenvalue weighted by Crippen LogP contribution is 2.21. The molecule has 138 valence electrons. The number of sulfonamides is 1. The van der Waals surface area contributed by atoms with Crippen molar-refractivity contribution in [3.63, 3.8) is 0 Å². The van der Waals surface area contributed by atoms with Gasteiger partial charge in [0.25, 0.3) is 5.69 Å². The number of nitrogens with zero attached hydrogens (tertiary/aromatic N) is 2. The summed E-state index contributed by atoms with van der Waals surface area (Å²) in [4.78, 5) is 25.1. The standard InChI is InChI=1S/C16H17N3O6S/c1-10(2)15(16(20)21)18-26(24,25)13-6-3-11(4-7-13)14-8-5-12(9-17-14)19(22)23/h3-10,15,18H,1-2H3,(H,20,21)/t15-/m0/s1. The zero-order chi connectivity index (χ0) is 19.5. The first-order valence-electron chi connectivity index (χ1n) is 7.58. The van der Waals surface area contributed by atoms with Crippen LogP contribution in [0.5, 0.6) is 0 Å². The Hall–Kier alpha value is -2.85. The van der Waals surface area contributed by atoms with E-state index in [4.69, 9.17) is 5.11 Å². The molecule has 9 nitrogen and oxygen atoms in total. The Kier molecular flexibility index (Phi) is 5.68. The molecule has 0 spiro atoms. The van der Waals surface area contributed by atoms with Crippen molar-refractivity contribution in [1.29, 1.82) is 0 Å². The minimum absolute atomic E-state index is 0.0879. The number of hydrogen-bond donors (Lipinski definition) is 2. The molecular formula is C16H17N3O6S. The molecular weight excluding hydrogens is 362 g/mol. The third kappa shape index (κ3) is 4.41. The zero-order valence-corrected chi connectivity index (χ0v) is 14.8. The van der Waals surface area contributed by atoms with E-state index in [2.05, 4.69) is 9.71 Å². The van der Waals surface area contributed by atoms with Crippen LogP contribution in [-0.4, -0.2) is 35.4 Å². The molecule has 0 bridgehead atoms. The van der Waals surface area contributed by atoms with E-state index in [1.165, 1.54) is 36.4 Å². The van der Waals surface area contributed by atoms with Gasteiger partial charge in [-0.25, -0.2) is 13.4 Å². The van der Waals surface area contributed by atoms with E-state index in [1.807, 2.05) is 0 Å². The molecule has 0 aliphatic heterocycles. The summed E-state index contributed by atoms with van der Waals surface area (Å²) in [5, 5.41) is 19.8. The lowest BCUT2D eigenvalue weighted by molar-refractivity contribution is -0.385. The topological polar surface area (TPSA) is 140 Å². The fourth-order valence-electron chi connectivity index (χ4n) is 2.18. The first-order valence-corrected chi connectivity index (χ1v) is 9.06. The molecule has 0 fully saturated rings. The molecule has 1 atom stereocenters. The van der Waals surface area contributed by atoms with Crippen molar-refractivity contribution in [2.24, 2.45) is 5.92 Å². The molecule has 2 rings (SSSR count). The number of pyridine rings is 1. The van der Waals surface area contributed by atoms with Gasteiger partial charge in [0.1, 0.15) is 12.2 Å². The zero-order valence-electron chi connectivity index (χ0n) is 14.0. The summed E-state index contributed by atoms with van der Waals surface area (Å²) >= 11 is 0. The SMILES string of the molecule is CC(C)[C@H](NS(=O)(=O)c1ccc(-c2ccc([N+](=O)[O-])cn2)cc1)C(=O)O. The quantitative estimate of drug-likeness (QED) is 0.554. The van der Waals surface area contributed by atoms with Crippen LogP contribution in [0.3, 0.4) is 0 Å². The molecule has 1 heterocycles. The third-order valence-electron chi connectivity index (χ3n) is 3.63. The van der Waals surface area contributed by atoms with E-state index in [9.17, 15) is 23.3 Å². The lowest BCUT2D eigenvalue weighted by Crippen LogP contribution is -2.44. The average Bonchev–Trinajstić information content (AvgIpc) is 2.59. The predicted octanol–water partition coefficient (Wildman–Crippen LogP) is 2.04. The van der Waals surface area contributed by atoms with Crippen molar-refractivity contribution in [1.82, 2.24) is 9.71 Å². The number of aromatic nitrogens is 1. The van der Waals surface area contributed by atoms with Gasteiger partial charge in [0, 0.05) is 11.6 Å². The summed E-state index contributed by atoms with van der Waals surface area (Å²) in [6.45, 7) is 3.20. The third-order valence-corrected chi connectivity index (χ3v) is 5.09. The Morgan fingerprint density at radius 2 is 1.81 bits per heavy atom. The summed E-state index contributed by atoms with van der Waals surface area (Å²) in [6, 6.07) is 7.14. The highest BCUT2D eigenvalue weighted by atomic mass is 32.2. The maximum Gasteiger partial charge on any atom is 0.322 e. The molecule has 0 amide bonds. The number of nitro groups is 1. The second-order valence-electron chi connectivity index (χ2n) is 5.86. The van der Waals surface area contributed by atoms with Crippen molar-refractivity contribution in [2.45, 2.75) is 24.8 Å². The van der Waals surface area contributed by atoms with Crippen molar-refractivity contribution >= 4 is 21.7 Å². The summed E-state index contributed by atoms with van der Waals surface area (Å²) in [7, 11) is -4.01. The Morgan fingerprint density at radius 1 is 1.19 bits per heavy atom. The summed E-state index contributed by atoms with van der Waals surface area (Å²) in [6.07, 6.45) is 1.11. The Morgan fingerprint density at radius 3 is 2.23 bits per heavy atom.